The molecule has 2 heterocycles. The van der Waals surface area contributed by atoms with Gasteiger partial charge < -0.3 is 8.92 Å². The Kier molecular flexibility index (Phi) is 4.56. The van der Waals surface area contributed by atoms with Gasteiger partial charge in [-0.15, -0.1) is 11.3 Å². The number of hydrogen-bond donors (Lipinski definition) is 0. The summed E-state index contributed by atoms with van der Waals surface area (Å²) in [5, 5.41) is 1.84. The molecule has 4 rings (SSSR count). The lowest BCUT2D eigenvalue weighted by atomic mass is 9.75. The lowest BCUT2D eigenvalue weighted by Crippen LogP contribution is -2.31. The minimum absolute atomic E-state index is 0.0627. The zero-order chi connectivity index (χ0) is 19.2. The second kappa shape index (κ2) is 6.65. The van der Waals surface area contributed by atoms with Crippen LogP contribution in [0.1, 0.15) is 18.4 Å². The summed E-state index contributed by atoms with van der Waals surface area (Å²) < 4.78 is 35.1. The van der Waals surface area contributed by atoms with Gasteiger partial charge in [0.2, 0.25) is 0 Å². The number of ether oxygens (including phenoxy) is 1. The monoisotopic (exact) mass is 424 g/mol. The van der Waals surface area contributed by atoms with Crippen molar-refractivity contribution in [1.29, 1.82) is 0 Å². The van der Waals surface area contributed by atoms with Crippen molar-refractivity contribution >= 4 is 39.0 Å². The van der Waals surface area contributed by atoms with E-state index in [-0.39, 0.29) is 26.9 Å². The predicted octanol–water partition coefficient (Wildman–Crippen LogP) is 4.22. The first-order chi connectivity index (χ1) is 12.8. The molecule has 1 aromatic carbocycles. The molecule has 1 aromatic heterocycles. The molecule has 0 spiro atoms. The molecule has 2 fully saturated rings. The van der Waals surface area contributed by atoms with Gasteiger partial charge in [-0.25, -0.2) is 0 Å². The number of rotatable bonds is 5. The maximum Gasteiger partial charge on any atom is 0.348 e. The highest BCUT2D eigenvalue weighted by Gasteiger charge is 2.55. The number of thiophene rings is 1. The average molecular weight is 425 g/mol. The zero-order valence-electron chi connectivity index (χ0n) is 14.3. The van der Waals surface area contributed by atoms with Crippen molar-refractivity contribution in [3.8, 4) is 5.75 Å². The smallest absolute Gasteiger partial charge is 0.348 e. The summed E-state index contributed by atoms with van der Waals surface area (Å²) in [4.78, 5) is 12.4. The van der Waals surface area contributed by atoms with Gasteiger partial charge >= 0.3 is 16.1 Å². The van der Waals surface area contributed by atoms with Crippen LogP contribution in [0.3, 0.4) is 0 Å². The van der Waals surface area contributed by atoms with Crippen LogP contribution in [0.2, 0.25) is 5.02 Å². The number of fused-ring (bicyclic) bond motifs is 1. The lowest BCUT2D eigenvalue weighted by Gasteiger charge is -2.24. The van der Waals surface area contributed by atoms with Gasteiger partial charge in [-0.1, -0.05) is 35.9 Å². The number of allylic oxidation sites excluding steroid dienone is 1. The van der Waals surface area contributed by atoms with E-state index >= 15 is 0 Å². The molecule has 5 nitrogen and oxygen atoms in total. The first-order valence-electron chi connectivity index (χ1n) is 8.40. The fourth-order valence-corrected chi connectivity index (χ4v) is 6.10. The second-order valence-electron chi connectivity index (χ2n) is 6.99. The van der Waals surface area contributed by atoms with Gasteiger partial charge in [-0.3, -0.25) is 4.79 Å². The summed E-state index contributed by atoms with van der Waals surface area (Å²) in [6.45, 7) is 4.46. The van der Waals surface area contributed by atoms with Crippen molar-refractivity contribution < 1.29 is 22.1 Å². The van der Waals surface area contributed by atoms with Crippen LogP contribution in [-0.4, -0.2) is 21.0 Å². The molecule has 2 atom stereocenters. The predicted molar refractivity (Wildman–Crippen MR) is 103 cm³/mol. The van der Waals surface area contributed by atoms with Crippen LogP contribution in [0.25, 0.3) is 0 Å². The molecular formula is C19H17ClO5S2. The molecule has 0 radical (unpaired) electrons. The van der Waals surface area contributed by atoms with Crippen LogP contribution in [0.15, 0.2) is 52.1 Å². The minimum atomic E-state index is -3.91. The molecule has 0 bridgehead atoms. The zero-order valence-corrected chi connectivity index (χ0v) is 16.7. The third kappa shape index (κ3) is 3.28. The normalized spacial score (nSPS) is 24.7. The molecule has 2 aromatic rings. The number of cyclic esters (lactones) is 1. The van der Waals surface area contributed by atoms with E-state index in [1.807, 2.05) is 0 Å². The maximum atomic E-state index is 12.4. The van der Waals surface area contributed by atoms with Crippen LogP contribution in [0, 0.1) is 11.3 Å². The van der Waals surface area contributed by atoms with Crippen molar-refractivity contribution in [2.75, 3.05) is 6.61 Å². The van der Waals surface area contributed by atoms with E-state index in [9.17, 15) is 13.2 Å². The van der Waals surface area contributed by atoms with E-state index in [1.165, 1.54) is 12.1 Å². The van der Waals surface area contributed by atoms with E-state index < -0.39 is 15.5 Å². The van der Waals surface area contributed by atoms with Crippen LogP contribution in [-0.2, 0) is 26.1 Å². The Morgan fingerprint density at radius 3 is 2.89 bits per heavy atom. The molecule has 0 N–H and O–H groups in total. The number of esters is 1. The Hall–Kier alpha value is -1.83. The number of carbonyl (C=O) groups excluding carboxylic acids is 1. The largest absolute Gasteiger partial charge is 0.465 e. The molecule has 2 aliphatic rings. The van der Waals surface area contributed by atoms with Crippen molar-refractivity contribution in [2.24, 2.45) is 11.3 Å². The van der Waals surface area contributed by atoms with Gasteiger partial charge in [0.25, 0.3) is 0 Å². The summed E-state index contributed by atoms with van der Waals surface area (Å²) in [5.41, 5.74) is 1.30. The van der Waals surface area contributed by atoms with Gasteiger partial charge in [0.1, 0.15) is 0 Å². The SMILES string of the molecule is C=C1CC2COC(=O)C2(Cc2ccc(OS(=O)(=O)c3cccs3)c(Cl)c2)C1. The molecule has 2 unspecified atom stereocenters. The number of hydrogen-bond acceptors (Lipinski definition) is 6. The minimum Gasteiger partial charge on any atom is -0.465 e. The Morgan fingerprint density at radius 2 is 2.19 bits per heavy atom. The summed E-state index contributed by atoms with van der Waals surface area (Å²) >= 11 is 7.34. The Labute approximate surface area is 166 Å². The lowest BCUT2D eigenvalue weighted by molar-refractivity contribution is -0.146. The van der Waals surface area contributed by atoms with E-state index in [1.54, 1.807) is 23.6 Å². The summed E-state index contributed by atoms with van der Waals surface area (Å²) in [6.07, 6.45) is 1.88. The first-order valence-corrected chi connectivity index (χ1v) is 11.1. The Bertz CT molecular complexity index is 1010. The highest BCUT2D eigenvalue weighted by atomic mass is 35.5. The van der Waals surface area contributed by atoms with Gasteiger partial charge in [0.05, 0.1) is 17.0 Å². The number of halogens is 1. The van der Waals surface area contributed by atoms with Crippen LogP contribution in [0.4, 0.5) is 0 Å². The van der Waals surface area contributed by atoms with E-state index in [0.29, 0.717) is 19.4 Å². The highest BCUT2D eigenvalue weighted by molar-refractivity contribution is 7.89. The summed E-state index contributed by atoms with van der Waals surface area (Å²) in [5.74, 6) is 0.00183. The Morgan fingerprint density at radius 1 is 1.37 bits per heavy atom. The van der Waals surface area contributed by atoms with E-state index in [2.05, 4.69) is 6.58 Å². The van der Waals surface area contributed by atoms with Crippen molar-refractivity contribution in [3.63, 3.8) is 0 Å². The second-order valence-corrected chi connectivity index (χ2v) is 10.1. The summed E-state index contributed by atoms with van der Waals surface area (Å²) in [7, 11) is -3.91. The molecule has 142 valence electrons. The van der Waals surface area contributed by atoms with Crippen molar-refractivity contribution in [3.05, 3.63) is 58.5 Å². The van der Waals surface area contributed by atoms with Crippen LogP contribution < -0.4 is 4.18 Å². The number of carbonyl (C=O) groups is 1. The molecule has 8 heteroatoms. The molecule has 1 aliphatic carbocycles. The maximum absolute atomic E-state index is 12.4. The van der Waals surface area contributed by atoms with Gasteiger partial charge in [0, 0.05) is 5.92 Å². The molecule has 0 amide bonds. The molecule has 1 saturated heterocycles. The molecule has 1 aliphatic heterocycles. The highest BCUT2D eigenvalue weighted by Crippen LogP contribution is 2.52. The quantitative estimate of drug-likeness (QED) is 0.408. The fraction of sp³-hybridized carbons (Fsp3) is 0.316. The Balaban J connectivity index is 1.57. The molecule has 27 heavy (non-hydrogen) atoms. The standard InChI is InChI=1S/C19H17ClO5S2/c1-12-7-14-11-24-18(21)19(14,9-12)10-13-4-5-16(15(20)8-13)25-27(22,23)17-3-2-6-26-17/h2-6,8,14H,1,7,9-11H2. The van der Waals surface area contributed by atoms with E-state index in [0.717, 1.165) is 28.9 Å². The van der Waals surface area contributed by atoms with Crippen LogP contribution >= 0.6 is 22.9 Å². The van der Waals surface area contributed by atoms with Gasteiger partial charge in [-0.2, -0.15) is 8.42 Å². The van der Waals surface area contributed by atoms with Gasteiger partial charge in [-0.05, 0) is 48.4 Å². The third-order valence-electron chi connectivity index (χ3n) is 5.16. The van der Waals surface area contributed by atoms with Gasteiger partial charge in [0.15, 0.2) is 9.96 Å². The number of benzene rings is 1. The van der Waals surface area contributed by atoms with Crippen molar-refractivity contribution in [2.45, 2.75) is 23.5 Å². The van der Waals surface area contributed by atoms with Crippen molar-refractivity contribution in [1.82, 2.24) is 0 Å². The topological polar surface area (TPSA) is 69.7 Å². The first kappa shape index (κ1) is 18.5. The average Bonchev–Trinajstić information content (AvgIpc) is 3.29. The van der Waals surface area contributed by atoms with Crippen LogP contribution in [0.5, 0.6) is 5.75 Å². The molecule has 1 saturated carbocycles. The molecular weight excluding hydrogens is 408 g/mol. The fourth-order valence-electron chi connectivity index (χ4n) is 3.91. The summed E-state index contributed by atoms with van der Waals surface area (Å²) in [6, 6.07) is 8.03. The third-order valence-corrected chi connectivity index (χ3v) is 8.05. The van der Waals surface area contributed by atoms with E-state index in [4.69, 9.17) is 20.5 Å².